The second kappa shape index (κ2) is 6.99. The average Bonchev–Trinajstić information content (AvgIpc) is 3.27. The van der Waals surface area contributed by atoms with Gasteiger partial charge in [0.1, 0.15) is 5.92 Å². The van der Waals surface area contributed by atoms with E-state index in [2.05, 4.69) is 4.98 Å². The third kappa shape index (κ3) is 2.88. The maximum absolute atomic E-state index is 13.4. The fourth-order valence-corrected chi connectivity index (χ4v) is 4.08. The number of halogens is 1. The van der Waals surface area contributed by atoms with Crippen LogP contribution in [0.3, 0.4) is 0 Å². The lowest BCUT2D eigenvalue weighted by Crippen LogP contribution is -2.37. The Hall–Kier alpha value is -3.22. The van der Waals surface area contributed by atoms with Gasteiger partial charge in [0.25, 0.3) is 5.91 Å². The van der Waals surface area contributed by atoms with Crippen molar-refractivity contribution in [2.45, 2.75) is 12.1 Å². The highest BCUT2D eigenvalue weighted by atomic mass is 35.5. The molecular formula is C22H16ClN3O3. The van der Waals surface area contributed by atoms with Crippen molar-refractivity contribution >= 4 is 34.8 Å². The van der Waals surface area contributed by atoms with Gasteiger partial charge in [-0.25, -0.2) is 9.96 Å². The Bertz CT molecular complexity index is 1060. The minimum absolute atomic E-state index is 0.289. The number of aromatic nitrogens is 1. The summed E-state index contributed by atoms with van der Waals surface area (Å²) in [7, 11) is 0. The van der Waals surface area contributed by atoms with Crippen LogP contribution in [0.4, 0.5) is 11.4 Å². The van der Waals surface area contributed by atoms with Crippen molar-refractivity contribution in [2.24, 2.45) is 5.92 Å². The number of anilines is 2. The highest BCUT2D eigenvalue weighted by Crippen LogP contribution is 2.47. The lowest BCUT2D eigenvalue weighted by molar-refractivity contribution is -0.126. The molecule has 2 amide bonds. The zero-order valence-corrected chi connectivity index (χ0v) is 15.9. The fraction of sp³-hybridized carbons (Fsp3) is 0.136. The zero-order valence-electron chi connectivity index (χ0n) is 15.2. The molecule has 0 bridgehead atoms. The van der Waals surface area contributed by atoms with Crippen LogP contribution < -0.4 is 9.96 Å². The number of imide groups is 1. The summed E-state index contributed by atoms with van der Waals surface area (Å²) in [4.78, 5) is 37.9. The molecule has 144 valence electrons. The summed E-state index contributed by atoms with van der Waals surface area (Å²) in [6.07, 6.45) is 2.45. The average molecular weight is 406 g/mol. The lowest BCUT2D eigenvalue weighted by Gasteiger charge is -2.28. The first-order valence-corrected chi connectivity index (χ1v) is 9.57. The molecule has 3 atom stereocenters. The van der Waals surface area contributed by atoms with E-state index in [0.717, 1.165) is 11.3 Å². The van der Waals surface area contributed by atoms with Crippen LogP contribution in [0.1, 0.15) is 11.6 Å². The second-order valence-electron chi connectivity index (χ2n) is 6.93. The first kappa shape index (κ1) is 17.8. The van der Waals surface area contributed by atoms with Gasteiger partial charge in [-0.2, -0.15) is 0 Å². The SMILES string of the molecule is O=C1[C@@H]2[C@@H](ON(c3ccccc3)[C@H]2c2ccncc2)C(=O)N1c1ccc(Cl)cc1. The largest absolute Gasteiger partial charge is 0.273 e. The van der Waals surface area contributed by atoms with Crippen molar-refractivity contribution in [3.63, 3.8) is 0 Å². The molecular weight excluding hydrogens is 390 g/mol. The number of benzene rings is 2. The Labute approximate surface area is 172 Å². The third-order valence-corrected chi connectivity index (χ3v) is 5.51. The number of carbonyl (C=O) groups excluding carboxylic acids is 2. The summed E-state index contributed by atoms with van der Waals surface area (Å²) in [5, 5.41) is 2.20. The second-order valence-corrected chi connectivity index (χ2v) is 7.36. The van der Waals surface area contributed by atoms with Crippen molar-refractivity contribution < 1.29 is 14.4 Å². The number of rotatable bonds is 3. The summed E-state index contributed by atoms with van der Waals surface area (Å²) in [5.41, 5.74) is 2.12. The highest BCUT2D eigenvalue weighted by Gasteiger charge is 2.60. The van der Waals surface area contributed by atoms with E-state index in [0.29, 0.717) is 10.7 Å². The first-order chi connectivity index (χ1) is 14.1. The molecule has 0 spiro atoms. The summed E-state index contributed by atoms with van der Waals surface area (Å²) < 4.78 is 0. The van der Waals surface area contributed by atoms with Crippen molar-refractivity contribution in [3.05, 3.63) is 89.7 Å². The van der Waals surface area contributed by atoms with Crippen LogP contribution in [0.15, 0.2) is 79.1 Å². The van der Waals surface area contributed by atoms with Crippen LogP contribution in [-0.2, 0) is 14.4 Å². The number of pyridine rings is 1. The van der Waals surface area contributed by atoms with Gasteiger partial charge in [0, 0.05) is 17.4 Å². The van der Waals surface area contributed by atoms with Crippen LogP contribution in [0.5, 0.6) is 0 Å². The molecule has 0 saturated carbocycles. The Morgan fingerprint density at radius 1 is 0.828 bits per heavy atom. The molecule has 6 nitrogen and oxygen atoms in total. The topological polar surface area (TPSA) is 62.7 Å². The van der Waals surface area contributed by atoms with Crippen molar-refractivity contribution in [2.75, 3.05) is 9.96 Å². The Morgan fingerprint density at radius 2 is 1.52 bits per heavy atom. The smallest absolute Gasteiger partial charge is 0.266 e. The maximum atomic E-state index is 13.4. The lowest BCUT2D eigenvalue weighted by atomic mass is 9.91. The number of carbonyl (C=O) groups is 2. The van der Waals surface area contributed by atoms with Gasteiger partial charge >= 0.3 is 0 Å². The molecule has 2 saturated heterocycles. The third-order valence-electron chi connectivity index (χ3n) is 5.26. The molecule has 7 heteroatoms. The minimum Gasteiger partial charge on any atom is -0.273 e. The number of para-hydroxylation sites is 1. The van der Waals surface area contributed by atoms with Crippen LogP contribution in [-0.4, -0.2) is 22.9 Å². The standard InChI is InChI=1S/C22H16ClN3O3/c23-15-6-8-16(9-7-15)25-21(27)18-19(14-10-12-24-13-11-14)26(29-20(18)22(25)28)17-4-2-1-3-5-17/h1-13,18-20H/t18-,19-,20+/m0/s1. The number of hydroxylamine groups is 1. The van der Waals surface area contributed by atoms with Gasteiger partial charge in [0.2, 0.25) is 5.91 Å². The van der Waals surface area contributed by atoms with Crippen LogP contribution in [0.2, 0.25) is 5.02 Å². The number of amides is 2. The van der Waals surface area contributed by atoms with E-state index in [4.69, 9.17) is 16.4 Å². The molecule has 29 heavy (non-hydrogen) atoms. The number of fused-ring (bicyclic) bond motifs is 1. The van der Waals surface area contributed by atoms with E-state index in [1.54, 1.807) is 41.7 Å². The van der Waals surface area contributed by atoms with Gasteiger partial charge in [0.05, 0.1) is 17.4 Å². The molecule has 2 fully saturated rings. The Morgan fingerprint density at radius 3 is 2.21 bits per heavy atom. The van der Waals surface area contributed by atoms with Gasteiger partial charge in [-0.1, -0.05) is 29.8 Å². The molecule has 0 radical (unpaired) electrons. The minimum atomic E-state index is -0.892. The number of nitrogens with zero attached hydrogens (tertiary/aromatic N) is 3. The summed E-state index contributed by atoms with van der Waals surface area (Å²) >= 11 is 5.95. The normalized spacial score (nSPS) is 23.6. The molecule has 5 rings (SSSR count). The number of hydrogen-bond donors (Lipinski definition) is 0. The van der Waals surface area contributed by atoms with Gasteiger partial charge in [0.15, 0.2) is 6.10 Å². The Kier molecular flexibility index (Phi) is 4.30. The van der Waals surface area contributed by atoms with Crippen molar-refractivity contribution in [1.29, 1.82) is 0 Å². The fourth-order valence-electron chi connectivity index (χ4n) is 3.96. The molecule has 0 aliphatic carbocycles. The van der Waals surface area contributed by atoms with E-state index in [1.165, 1.54) is 4.90 Å². The van der Waals surface area contributed by atoms with Gasteiger partial charge in [-0.3, -0.25) is 19.4 Å². The predicted molar refractivity (Wildman–Crippen MR) is 108 cm³/mol. The van der Waals surface area contributed by atoms with Crippen LogP contribution in [0, 0.1) is 5.92 Å². The molecule has 2 aromatic carbocycles. The van der Waals surface area contributed by atoms with Crippen molar-refractivity contribution in [3.8, 4) is 0 Å². The van der Waals surface area contributed by atoms with Gasteiger partial charge in [-0.05, 0) is 54.1 Å². The zero-order chi connectivity index (χ0) is 20.0. The van der Waals surface area contributed by atoms with Crippen molar-refractivity contribution in [1.82, 2.24) is 4.98 Å². The summed E-state index contributed by atoms with van der Waals surface area (Å²) in [6, 6.07) is 19.3. The van der Waals surface area contributed by atoms with E-state index >= 15 is 0 Å². The van der Waals surface area contributed by atoms with Gasteiger partial charge in [-0.15, -0.1) is 0 Å². The highest BCUT2D eigenvalue weighted by molar-refractivity contribution is 6.31. The van der Waals surface area contributed by atoms with Gasteiger partial charge < -0.3 is 0 Å². The molecule has 1 aromatic heterocycles. The molecule has 0 unspecified atom stereocenters. The molecule has 3 heterocycles. The van der Waals surface area contributed by atoms with E-state index in [1.807, 2.05) is 42.5 Å². The summed E-state index contributed by atoms with van der Waals surface area (Å²) in [6.45, 7) is 0. The van der Waals surface area contributed by atoms with Crippen LogP contribution in [0.25, 0.3) is 0 Å². The summed E-state index contributed by atoms with van der Waals surface area (Å²) in [5.74, 6) is -1.33. The quantitative estimate of drug-likeness (QED) is 0.620. The van der Waals surface area contributed by atoms with E-state index in [-0.39, 0.29) is 11.8 Å². The van der Waals surface area contributed by atoms with Crippen LogP contribution >= 0.6 is 11.6 Å². The molecule has 2 aliphatic rings. The first-order valence-electron chi connectivity index (χ1n) is 9.19. The predicted octanol–water partition coefficient (Wildman–Crippen LogP) is 3.79. The Balaban J connectivity index is 1.58. The monoisotopic (exact) mass is 405 g/mol. The molecule has 0 N–H and O–H groups in total. The molecule has 2 aliphatic heterocycles. The van der Waals surface area contributed by atoms with E-state index < -0.39 is 18.1 Å². The maximum Gasteiger partial charge on any atom is 0.266 e. The van der Waals surface area contributed by atoms with E-state index in [9.17, 15) is 9.59 Å². The number of hydrogen-bond acceptors (Lipinski definition) is 5. The molecule has 3 aromatic rings.